The molecule has 2 aromatic carbocycles. The Kier molecular flexibility index (Phi) is 6.70. The zero-order valence-electron chi connectivity index (χ0n) is 18.1. The van der Waals surface area contributed by atoms with Gasteiger partial charge in [0.25, 0.3) is 0 Å². The number of benzene rings is 2. The molecule has 1 aromatic heterocycles. The number of likely N-dealkylation sites (tertiary alicyclic amines) is 1. The molecule has 0 radical (unpaired) electrons. The third kappa shape index (κ3) is 5.22. The van der Waals surface area contributed by atoms with Crippen LogP contribution in [-0.2, 0) is 13.1 Å². The first kappa shape index (κ1) is 20.5. The van der Waals surface area contributed by atoms with Crippen molar-refractivity contribution >= 4 is 16.9 Å². The van der Waals surface area contributed by atoms with Crippen molar-refractivity contribution in [1.29, 1.82) is 0 Å². The van der Waals surface area contributed by atoms with Crippen LogP contribution in [0.4, 0.5) is 0 Å². The van der Waals surface area contributed by atoms with E-state index in [1.165, 1.54) is 16.5 Å². The summed E-state index contributed by atoms with van der Waals surface area (Å²) in [7, 11) is 0. The van der Waals surface area contributed by atoms with Crippen LogP contribution in [0.2, 0.25) is 0 Å². The van der Waals surface area contributed by atoms with Gasteiger partial charge in [-0.05, 0) is 49.8 Å². The second-order valence-corrected chi connectivity index (χ2v) is 8.25. The van der Waals surface area contributed by atoms with Crippen LogP contribution in [0.15, 0.2) is 65.7 Å². The van der Waals surface area contributed by atoms with Gasteiger partial charge in [-0.3, -0.25) is 4.90 Å². The van der Waals surface area contributed by atoms with Crippen LogP contribution in [0.1, 0.15) is 37.9 Å². The predicted octanol–water partition coefficient (Wildman–Crippen LogP) is 4.28. The second kappa shape index (κ2) is 9.81. The minimum Gasteiger partial charge on any atom is -0.357 e. The molecule has 5 heteroatoms. The molecule has 1 aliphatic heterocycles. The van der Waals surface area contributed by atoms with Gasteiger partial charge in [-0.2, -0.15) is 0 Å². The lowest BCUT2D eigenvalue weighted by Crippen LogP contribution is -2.51. The molecule has 0 amide bonds. The van der Waals surface area contributed by atoms with Gasteiger partial charge in [0.2, 0.25) is 0 Å². The topological polar surface area (TPSA) is 55.5 Å². The van der Waals surface area contributed by atoms with Crippen LogP contribution in [-0.4, -0.2) is 41.0 Å². The Bertz CT molecular complexity index is 929. The Morgan fingerprint density at radius 1 is 1.13 bits per heavy atom. The molecular weight excluding hydrogens is 370 g/mol. The van der Waals surface area contributed by atoms with Crippen molar-refractivity contribution < 1.29 is 0 Å². The number of nitrogens with zero attached hydrogens (tertiary/aromatic N) is 2. The van der Waals surface area contributed by atoms with Crippen LogP contribution in [0.25, 0.3) is 10.9 Å². The van der Waals surface area contributed by atoms with Crippen molar-refractivity contribution in [2.24, 2.45) is 4.99 Å². The van der Waals surface area contributed by atoms with Crippen molar-refractivity contribution in [2.45, 2.75) is 51.9 Å². The van der Waals surface area contributed by atoms with E-state index in [1.807, 2.05) is 0 Å². The van der Waals surface area contributed by atoms with E-state index >= 15 is 0 Å². The van der Waals surface area contributed by atoms with E-state index in [0.717, 1.165) is 44.1 Å². The molecule has 2 unspecified atom stereocenters. The van der Waals surface area contributed by atoms with E-state index in [0.29, 0.717) is 18.6 Å². The average Bonchev–Trinajstić information content (AvgIpc) is 3.18. The summed E-state index contributed by atoms with van der Waals surface area (Å²) in [5.41, 5.74) is 3.70. The Hall–Kier alpha value is -2.79. The summed E-state index contributed by atoms with van der Waals surface area (Å²) in [5, 5.41) is 8.32. The highest BCUT2D eigenvalue weighted by atomic mass is 15.2. The zero-order chi connectivity index (χ0) is 20.8. The zero-order valence-corrected chi connectivity index (χ0v) is 18.1. The Morgan fingerprint density at radius 2 is 1.93 bits per heavy atom. The highest BCUT2D eigenvalue weighted by Gasteiger charge is 2.25. The second-order valence-electron chi connectivity index (χ2n) is 8.25. The first-order chi connectivity index (χ1) is 14.7. The lowest BCUT2D eigenvalue weighted by atomic mass is 9.97. The fourth-order valence-corrected chi connectivity index (χ4v) is 4.30. The smallest absolute Gasteiger partial charge is 0.191 e. The maximum absolute atomic E-state index is 4.83. The summed E-state index contributed by atoms with van der Waals surface area (Å²) in [5.74, 6) is 0.907. The van der Waals surface area contributed by atoms with Crippen molar-refractivity contribution in [3.8, 4) is 0 Å². The number of piperidine rings is 1. The number of hydrogen-bond donors (Lipinski definition) is 3. The van der Waals surface area contributed by atoms with Crippen LogP contribution in [0, 0.1) is 0 Å². The number of aromatic amines is 1. The van der Waals surface area contributed by atoms with Gasteiger partial charge < -0.3 is 15.6 Å². The molecule has 0 spiro atoms. The molecule has 3 N–H and O–H groups in total. The summed E-state index contributed by atoms with van der Waals surface area (Å²) in [4.78, 5) is 10.9. The van der Waals surface area contributed by atoms with Gasteiger partial charge in [0.1, 0.15) is 0 Å². The van der Waals surface area contributed by atoms with Gasteiger partial charge in [0, 0.05) is 42.9 Å². The maximum atomic E-state index is 4.83. The predicted molar refractivity (Wildman–Crippen MR) is 126 cm³/mol. The van der Waals surface area contributed by atoms with Crippen molar-refractivity contribution in [3.63, 3.8) is 0 Å². The molecule has 158 valence electrons. The Morgan fingerprint density at radius 3 is 2.70 bits per heavy atom. The standard InChI is InChI=1S/C25H33N5/c1-3-26-25(27-17-23-16-21-11-7-8-12-24(21)28-23)29-22-13-14-30(19(2)15-22)18-20-9-5-4-6-10-20/h4-12,16,19,22,28H,3,13-15,17-18H2,1-2H3,(H2,26,27,29). The summed E-state index contributed by atoms with van der Waals surface area (Å²) < 4.78 is 0. The molecule has 3 aromatic rings. The van der Waals surface area contributed by atoms with E-state index in [9.17, 15) is 0 Å². The van der Waals surface area contributed by atoms with Gasteiger partial charge in [-0.1, -0.05) is 48.5 Å². The quantitative estimate of drug-likeness (QED) is 0.425. The number of nitrogens with one attached hydrogen (secondary N) is 3. The van der Waals surface area contributed by atoms with Gasteiger partial charge in [-0.15, -0.1) is 0 Å². The summed E-state index contributed by atoms with van der Waals surface area (Å²) in [6, 6.07) is 22.3. The molecule has 2 atom stereocenters. The third-order valence-electron chi connectivity index (χ3n) is 5.92. The van der Waals surface area contributed by atoms with E-state index < -0.39 is 0 Å². The first-order valence-electron chi connectivity index (χ1n) is 11.1. The lowest BCUT2D eigenvalue weighted by molar-refractivity contribution is 0.134. The Labute approximate surface area is 179 Å². The van der Waals surface area contributed by atoms with E-state index in [-0.39, 0.29) is 0 Å². The fraction of sp³-hybridized carbons (Fsp3) is 0.400. The number of aromatic nitrogens is 1. The third-order valence-corrected chi connectivity index (χ3v) is 5.92. The highest BCUT2D eigenvalue weighted by Crippen LogP contribution is 2.20. The molecule has 0 saturated carbocycles. The minimum absolute atomic E-state index is 0.451. The number of rotatable bonds is 6. The van der Waals surface area contributed by atoms with E-state index in [4.69, 9.17) is 4.99 Å². The van der Waals surface area contributed by atoms with E-state index in [1.54, 1.807) is 0 Å². The lowest BCUT2D eigenvalue weighted by Gasteiger charge is -2.38. The molecule has 4 rings (SSSR count). The van der Waals surface area contributed by atoms with Crippen molar-refractivity contribution in [2.75, 3.05) is 13.1 Å². The summed E-state index contributed by atoms with van der Waals surface area (Å²) in [6.07, 6.45) is 2.26. The molecule has 0 bridgehead atoms. The first-order valence-corrected chi connectivity index (χ1v) is 11.1. The molecule has 30 heavy (non-hydrogen) atoms. The molecule has 2 heterocycles. The van der Waals surface area contributed by atoms with Crippen LogP contribution < -0.4 is 10.6 Å². The number of fused-ring (bicyclic) bond motifs is 1. The molecule has 0 aliphatic carbocycles. The van der Waals surface area contributed by atoms with Crippen LogP contribution in [0.3, 0.4) is 0 Å². The SMILES string of the molecule is CCNC(=NCc1cc2ccccc2[nH]1)NC1CCN(Cc2ccccc2)C(C)C1. The van der Waals surface area contributed by atoms with Crippen LogP contribution in [0.5, 0.6) is 0 Å². The number of para-hydroxylation sites is 1. The number of aliphatic imine (C=N–C) groups is 1. The normalized spacial score (nSPS) is 20.4. The molecular formula is C25H33N5. The van der Waals surface area contributed by atoms with E-state index in [2.05, 4.69) is 95.0 Å². The summed E-state index contributed by atoms with van der Waals surface area (Å²) >= 11 is 0. The van der Waals surface area contributed by atoms with Gasteiger partial charge >= 0.3 is 0 Å². The largest absolute Gasteiger partial charge is 0.357 e. The fourth-order valence-electron chi connectivity index (χ4n) is 4.30. The van der Waals surface area contributed by atoms with Crippen LogP contribution >= 0.6 is 0 Å². The monoisotopic (exact) mass is 403 g/mol. The Balaban J connectivity index is 1.34. The average molecular weight is 404 g/mol. The van der Waals surface area contributed by atoms with Gasteiger partial charge in [0.15, 0.2) is 5.96 Å². The number of hydrogen-bond acceptors (Lipinski definition) is 2. The summed E-state index contributed by atoms with van der Waals surface area (Å²) in [6.45, 7) is 8.10. The molecule has 1 aliphatic rings. The molecule has 1 saturated heterocycles. The highest BCUT2D eigenvalue weighted by molar-refractivity contribution is 5.81. The number of guanidine groups is 1. The van der Waals surface area contributed by atoms with Gasteiger partial charge in [0.05, 0.1) is 6.54 Å². The molecule has 1 fully saturated rings. The minimum atomic E-state index is 0.451. The maximum Gasteiger partial charge on any atom is 0.191 e. The number of H-pyrrole nitrogens is 1. The van der Waals surface area contributed by atoms with Gasteiger partial charge in [-0.25, -0.2) is 4.99 Å². The van der Waals surface area contributed by atoms with Crippen molar-refractivity contribution in [1.82, 2.24) is 20.5 Å². The van der Waals surface area contributed by atoms with Crippen molar-refractivity contribution in [3.05, 3.63) is 71.9 Å². The molecule has 5 nitrogen and oxygen atoms in total.